The second-order valence-corrected chi connectivity index (χ2v) is 4.54. The van der Waals surface area contributed by atoms with Crippen LogP contribution in [-0.2, 0) is 7.05 Å². The predicted molar refractivity (Wildman–Crippen MR) is 67.6 cm³/mol. The van der Waals surface area contributed by atoms with Gasteiger partial charge in [-0.1, -0.05) is 6.42 Å². The summed E-state index contributed by atoms with van der Waals surface area (Å²) in [5.74, 6) is 0.866. The van der Waals surface area contributed by atoms with E-state index in [4.69, 9.17) is 0 Å². The number of aromatic nitrogens is 3. The van der Waals surface area contributed by atoms with Gasteiger partial charge in [0.25, 0.3) is 0 Å². The van der Waals surface area contributed by atoms with Gasteiger partial charge >= 0.3 is 0 Å². The largest absolute Gasteiger partial charge is 0.334 e. The molecule has 0 saturated carbocycles. The molecule has 1 fully saturated rings. The van der Waals surface area contributed by atoms with Gasteiger partial charge in [-0.3, -0.25) is 0 Å². The van der Waals surface area contributed by atoms with E-state index in [-0.39, 0.29) is 0 Å². The molecule has 1 saturated heterocycles. The van der Waals surface area contributed by atoms with E-state index in [0.717, 1.165) is 29.9 Å². The summed E-state index contributed by atoms with van der Waals surface area (Å²) in [6.07, 6.45) is 7.50. The summed E-state index contributed by atoms with van der Waals surface area (Å²) in [6.45, 7) is 2.18. The van der Waals surface area contributed by atoms with Gasteiger partial charge in [-0.05, 0) is 18.9 Å². The van der Waals surface area contributed by atoms with Crippen molar-refractivity contribution in [2.45, 2.75) is 19.3 Å². The van der Waals surface area contributed by atoms with Crippen molar-refractivity contribution in [3.05, 3.63) is 18.6 Å². The van der Waals surface area contributed by atoms with Crippen LogP contribution in [-0.4, -0.2) is 32.6 Å². The Morgan fingerprint density at radius 3 is 2.82 bits per heavy atom. The van der Waals surface area contributed by atoms with Gasteiger partial charge in [0, 0.05) is 26.3 Å². The van der Waals surface area contributed by atoms with E-state index in [1.807, 2.05) is 30.2 Å². The first-order valence-electron chi connectivity index (χ1n) is 6.12. The highest BCUT2D eigenvalue weighted by molar-refractivity contribution is 5.85. The molecule has 0 radical (unpaired) electrons. The molecule has 3 rings (SSSR count). The van der Waals surface area contributed by atoms with Crippen molar-refractivity contribution in [3.8, 4) is 0 Å². The van der Waals surface area contributed by atoms with Crippen molar-refractivity contribution < 1.29 is 0 Å². The molecule has 90 valence electrons. The van der Waals surface area contributed by atoms with Gasteiger partial charge in [-0.25, -0.2) is 15.0 Å². The SMILES string of the molecule is Cn1cnc2c(NN3CCCCC3)nccc21. The molecule has 2 aromatic heterocycles. The highest BCUT2D eigenvalue weighted by atomic mass is 15.5. The Morgan fingerprint density at radius 1 is 1.18 bits per heavy atom. The fourth-order valence-corrected chi connectivity index (χ4v) is 2.30. The second kappa shape index (κ2) is 4.33. The first-order valence-corrected chi connectivity index (χ1v) is 6.12. The van der Waals surface area contributed by atoms with Gasteiger partial charge in [0.2, 0.25) is 0 Å². The number of piperidine rings is 1. The van der Waals surface area contributed by atoms with E-state index < -0.39 is 0 Å². The van der Waals surface area contributed by atoms with Gasteiger partial charge in [0.05, 0.1) is 11.8 Å². The molecule has 0 spiro atoms. The highest BCUT2D eigenvalue weighted by Crippen LogP contribution is 2.20. The lowest BCUT2D eigenvalue weighted by Gasteiger charge is -2.27. The number of nitrogens with zero attached hydrogens (tertiary/aromatic N) is 4. The molecular weight excluding hydrogens is 214 g/mol. The molecule has 1 aliphatic rings. The summed E-state index contributed by atoms with van der Waals surface area (Å²) in [6, 6.07) is 1.99. The number of fused-ring (bicyclic) bond motifs is 1. The second-order valence-electron chi connectivity index (χ2n) is 4.54. The molecule has 17 heavy (non-hydrogen) atoms. The molecule has 0 bridgehead atoms. The van der Waals surface area contributed by atoms with Crippen LogP contribution in [0, 0.1) is 0 Å². The van der Waals surface area contributed by atoms with Crippen molar-refractivity contribution >= 4 is 16.9 Å². The zero-order valence-electron chi connectivity index (χ0n) is 10.1. The number of hydrazine groups is 1. The van der Waals surface area contributed by atoms with Crippen LogP contribution in [0.15, 0.2) is 18.6 Å². The smallest absolute Gasteiger partial charge is 0.168 e. The first-order chi connectivity index (χ1) is 8.34. The zero-order chi connectivity index (χ0) is 11.7. The molecule has 0 amide bonds. The third-order valence-corrected chi connectivity index (χ3v) is 3.26. The molecule has 0 unspecified atom stereocenters. The molecule has 5 heteroatoms. The molecule has 5 nitrogen and oxygen atoms in total. The van der Waals surface area contributed by atoms with Crippen molar-refractivity contribution in [1.82, 2.24) is 19.5 Å². The molecule has 0 aliphatic carbocycles. The maximum absolute atomic E-state index is 4.39. The molecule has 3 heterocycles. The van der Waals surface area contributed by atoms with Gasteiger partial charge in [0.1, 0.15) is 5.52 Å². The van der Waals surface area contributed by atoms with Gasteiger partial charge < -0.3 is 9.99 Å². The number of hydrogen-bond acceptors (Lipinski definition) is 4. The number of nitrogens with one attached hydrogen (secondary N) is 1. The Hall–Kier alpha value is -1.62. The lowest BCUT2D eigenvalue weighted by atomic mass is 10.2. The summed E-state index contributed by atoms with van der Waals surface area (Å²) in [4.78, 5) is 8.78. The molecule has 1 aliphatic heterocycles. The number of rotatable bonds is 2. The standard InChI is InChI=1S/C12H17N5/c1-16-9-14-11-10(16)5-6-13-12(11)15-17-7-3-2-4-8-17/h5-6,9H,2-4,7-8H2,1H3,(H,13,15). The molecule has 1 N–H and O–H groups in total. The third-order valence-electron chi connectivity index (χ3n) is 3.26. The topological polar surface area (TPSA) is 46.0 Å². The normalized spacial score (nSPS) is 17.5. The average molecular weight is 231 g/mol. The Labute approximate surface area is 100 Å². The minimum Gasteiger partial charge on any atom is -0.334 e. The number of imidazole rings is 1. The number of hydrogen-bond donors (Lipinski definition) is 1. The van der Waals surface area contributed by atoms with Crippen LogP contribution < -0.4 is 5.43 Å². The van der Waals surface area contributed by atoms with Crippen LogP contribution in [0.2, 0.25) is 0 Å². The lowest BCUT2D eigenvalue weighted by Crippen LogP contribution is -2.35. The molecule has 2 aromatic rings. The Balaban J connectivity index is 1.89. The highest BCUT2D eigenvalue weighted by Gasteiger charge is 2.13. The van der Waals surface area contributed by atoms with Crippen molar-refractivity contribution in [1.29, 1.82) is 0 Å². The van der Waals surface area contributed by atoms with Crippen LogP contribution in [0.25, 0.3) is 11.0 Å². The predicted octanol–water partition coefficient (Wildman–Crippen LogP) is 1.78. The molecule has 0 atom stereocenters. The summed E-state index contributed by atoms with van der Waals surface area (Å²) in [5.41, 5.74) is 5.44. The third kappa shape index (κ3) is 1.98. The van der Waals surface area contributed by atoms with E-state index >= 15 is 0 Å². The summed E-state index contributed by atoms with van der Waals surface area (Å²) in [7, 11) is 2.00. The maximum atomic E-state index is 4.39. The molecular formula is C12H17N5. The average Bonchev–Trinajstić information content (AvgIpc) is 2.74. The fraction of sp³-hybridized carbons (Fsp3) is 0.500. The van der Waals surface area contributed by atoms with Crippen LogP contribution in [0.3, 0.4) is 0 Å². The lowest BCUT2D eigenvalue weighted by molar-refractivity contribution is 0.272. The summed E-state index contributed by atoms with van der Waals surface area (Å²) >= 11 is 0. The minimum absolute atomic E-state index is 0.866. The van der Waals surface area contributed by atoms with Gasteiger partial charge in [0.15, 0.2) is 5.82 Å². The van der Waals surface area contributed by atoms with Gasteiger partial charge in [-0.2, -0.15) is 0 Å². The monoisotopic (exact) mass is 231 g/mol. The van der Waals surface area contributed by atoms with Crippen LogP contribution in [0.5, 0.6) is 0 Å². The molecule has 0 aromatic carbocycles. The summed E-state index contributed by atoms with van der Waals surface area (Å²) in [5, 5.41) is 2.24. The van der Waals surface area contributed by atoms with E-state index in [2.05, 4.69) is 20.4 Å². The fourth-order valence-electron chi connectivity index (χ4n) is 2.30. The summed E-state index contributed by atoms with van der Waals surface area (Å²) < 4.78 is 2.01. The Bertz CT molecular complexity index is 513. The van der Waals surface area contributed by atoms with Crippen LogP contribution in [0.4, 0.5) is 5.82 Å². The van der Waals surface area contributed by atoms with Gasteiger partial charge in [-0.15, -0.1) is 0 Å². The van der Waals surface area contributed by atoms with Crippen molar-refractivity contribution in [2.75, 3.05) is 18.5 Å². The maximum Gasteiger partial charge on any atom is 0.168 e. The van der Waals surface area contributed by atoms with Crippen LogP contribution >= 0.6 is 0 Å². The Morgan fingerprint density at radius 2 is 2.00 bits per heavy atom. The minimum atomic E-state index is 0.866. The van der Waals surface area contributed by atoms with E-state index in [0.29, 0.717) is 0 Å². The van der Waals surface area contributed by atoms with Crippen LogP contribution in [0.1, 0.15) is 19.3 Å². The zero-order valence-corrected chi connectivity index (χ0v) is 10.1. The Kier molecular flexibility index (Phi) is 2.68. The van der Waals surface area contributed by atoms with E-state index in [9.17, 15) is 0 Å². The quantitative estimate of drug-likeness (QED) is 0.855. The first kappa shape index (κ1) is 10.5. The number of aryl methyl sites for hydroxylation is 1. The van der Waals surface area contributed by atoms with Crippen molar-refractivity contribution in [2.24, 2.45) is 7.05 Å². The van der Waals surface area contributed by atoms with Crippen molar-refractivity contribution in [3.63, 3.8) is 0 Å². The number of pyridine rings is 1. The van der Waals surface area contributed by atoms with E-state index in [1.165, 1.54) is 19.3 Å². The van der Waals surface area contributed by atoms with E-state index in [1.54, 1.807) is 0 Å². The number of anilines is 1.